The van der Waals surface area contributed by atoms with E-state index >= 15 is 0 Å². The molecule has 122 valence electrons. The van der Waals surface area contributed by atoms with Crippen molar-refractivity contribution < 1.29 is 9.47 Å². The Kier molecular flexibility index (Phi) is 2.77. The van der Waals surface area contributed by atoms with E-state index in [0.717, 1.165) is 29.5 Å². The molecule has 1 fully saturated rings. The van der Waals surface area contributed by atoms with Crippen molar-refractivity contribution >= 4 is 5.82 Å². The first-order valence-electron chi connectivity index (χ1n) is 8.19. The van der Waals surface area contributed by atoms with E-state index < -0.39 is 0 Å². The van der Waals surface area contributed by atoms with Crippen molar-refractivity contribution in [1.29, 1.82) is 0 Å². The minimum Gasteiger partial charge on any atom is -0.492 e. The van der Waals surface area contributed by atoms with Gasteiger partial charge in [0.2, 0.25) is 5.88 Å². The smallest absolute Gasteiger partial charge is 0.237 e. The Labute approximate surface area is 140 Å². The third-order valence-electron chi connectivity index (χ3n) is 4.95. The zero-order chi connectivity index (χ0) is 16.1. The average Bonchev–Trinajstić information content (AvgIpc) is 3.02. The summed E-state index contributed by atoms with van der Waals surface area (Å²) in [7, 11) is 0. The van der Waals surface area contributed by atoms with Crippen LogP contribution in [-0.2, 0) is 5.41 Å². The number of anilines is 1. The Hall–Kier alpha value is -2.76. The quantitative estimate of drug-likeness (QED) is 0.938. The van der Waals surface area contributed by atoms with Crippen LogP contribution in [0.5, 0.6) is 17.4 Å². The number of aryl methyl sites for hydroxylation is 1. The topological polar surface area (TPSA) is 59.5 Å². The summed E-state index contributed by atoms with van der Waals surface area (Å²) in [6, 6.07) is 4.06. The molecule has 1 N–H and O–H groups in total. The summed E-state index contributed by atoms with van der Waals surface area (Å²) in [5.41, 5.74) is 2.53. The van der Waals surface area contributed by atoms with Crippen LogP contribution < -0.4 is 19.7 Å². The van der Waals surface area contributed by atoms with Gasteiger partial charge in [-0.05, 0) is 31.4 Å². The van der Waals surface area contributed by atoms with Crippen LogP contribution in [-0.4, -0.2) is 23.2 Å². The van der Waals surface area contributed by atoms with Gasteiger partial charge >= 0.3 is 0 Å². The summed E-state index contributed by atoms with van der Waals surface area (Å²) in [4.78, 5) is 10.8. The van der Waals surface area contributed by atoms with E-state index in [0.29, 0.717) is 12.5 Å². The zero-order valence-corrected chi connectivity index (χ0v) is 13.5. The molecular formula is C18H18N4O2. The maximum absolute atomic E-state index is 6.06. The van der Waals surface area contributed by atoms with Gasteiger partial charge in [0.15, 0.2) is 5.82 Å². The fraction of sp³-hybridized carbons (Fsp3) is 0.333. The normalized spacial score (nSPS) is 19.1. The van der Waals surface area contributed by atoms with Gasteiger partial charge < -0.3 is 19.7 Å². The summed E-state index contributed by atoms with van der Waals surface area (Å²) in [6.07, 6.45) is 9.55. The van der Waals surface area contributed by atoms with Crippen molar-refractivity contribution in [3.05, 3.63) is 48.1 Å². The molecule has 1 saturated carbocycles. The third kappa shape index (κ3) is 2.02. The number of aromatic nitrogens is 2. The molecule has 5 rings (SSSR count). The fourth-order valence-electron chi connectivity index (χ4n) is 3.40. The first-order chi connectivity index (χ1) is 11.8. The van der Waals surface area contributed by atoms with Crippen molar-refractivity contribution in [1.82, 2.24) is 15.3 Å². The predicted molar refractivity (Wildman–Crippen MR) is 89.3 cm³/mol. The van der Waals surface area contributed by atoms with Crippen molar-refractivity contribution in [2.24, 2.45) is 0 Å². The maximum Gasteiger partial charge on any atom is 0.237 e. The molecule has 2 aliphatic heterocycles. The van der Waals surface area contributed by atoms with Crippen molar-refractivity contribution in [2.75, 3.05) is 18.2 Å². The summed E-state index contributed by atoms with van der Waals surface area (Å²) in [6.45, 7) is 3.55. The molecule has 3 heterocycles. The van der Waals surface area contributed by atoms with E-state index in [1.54, 1.807) is 12.4 Å². The second-order valence-corrected chi connectivity index (χ2v) is 6.62. The highest BCUT2D eigenvalue weighted by Gasteiger charge is 2.53. The maximum atomic E-state index is 6.06. The molecular weight excluding hydrogens is 304 g/mol. The molecule has 0 saturated heterocycles. The third-order valence-corrected chi connectivity index (χ3v) is 4.95. The number of benzene rings is 1. The van der Waals surface area contributed by atoms with Crippen LogP contribution in [0.2, 0.25) is 0 Å². The molecule has 0 radical (unpaired) electrons. The lowest BCUT2D eigenvalue weighted by molar-refractivity contribution is 0.322. The van der Waals surface area contributed by atoms with Crippen LogP contribution in [0.1, 0.15) is 24.0 Å². The SMILES string of the molecule is Cc1ccc(Oc2cnc(N3C=CNC3)cn2)c2c1OCC21CC1. The lowest BCUT2D eigenvalue weighted by atomic mass is 9.95. The molecule has 1 aromatic carbocycles. The second kappa shape index (κ2) is 4.87. The van der Waals surface area contributed by atoms with Crippen molar-refractivity contribution in [2.45, 2.75) is 25.2 Å². The molecule has 24 heavy (non-hydrogen) atoms. The Morgan fingerprint density at radius 1 is 1.25 bits per heavy atom. The summed E-state index contributed by atoms with van der Waals surface area (Å²) >= 11 is 0. The molecule has 1 aromatic heterocycles. The fourth-order valence-corrected chi connectivity index (χ4v) is 3.40. The first-order valence-corrected chi connectivity index (χ1v) is 8.19. The number of rotatable bonds is 3. The van der Waals surface area contributed by atoms with Gasteiger partial charge in [-0.3, -0.25) is 0 Å². The molecule has 6 heteroatoms. The first kappa shape index (κ1) is 13.7. The van der Waals surface area contributed by atoms with E-state index in [-0.39, 0.29) is 5.41 Å². The zero-order valence-electron chi connectivity index (χ0n) is 13.5. The minimum absolute atomic E-state index is 0.163. The lowest BCUT2D eigenvalue weighted by Crippen LogP contribution is -2.20. The average molecular weight is 322 g/mol. The predicted octanol–water partition coefficient (Wildman–Crippen LogP) is 2.84. The summed E-state index contributed by atoms with van der Waals surface area (Å²) < 4.78 is 12.0. The van der Waals surface area contributed by atoms with Gasteiger partial charge in [-0.1, -0.05) is 6.07 Å². The molecule has 0 amide bonds. The van der Waals surface area contributed by atoms with E-state index in [1.807, 2.05) is 29.4 Å². The van der Waals surface area contributed by atoms with Gasteiger partial charge in [0.1, 0.15) is 11.5 Å². The Balaban J connectivity index is 1.44. The van der Waals surface area contributed by atoms with Gasteiger partial charge in [0.05, 0.1) is 25.7 Å². The number of hydrogen-bond acceptors (Lipinski definition) is 6. The standard InChI is InChI=1S/C18H18N4O2/c1-12-2-3-13(16-17(12)23-10-18(16)4-5-18)24-15-9-20-14(8-21-15)22-7-6-19-11-22/h2-3,6-9,19H,4-5,10-11H2,1H3. The molecule has 0 unspecified atom stereocenters. The van der Waals surface area contributed by atoms with Gasteiger partial charge in [-0.15, -0.1) is 0 Å². The van der Waals surface area contributed by atoms with E-state index in [9.17, 15) is 0 Å². The van der Waals surface area contributed by atoms with Crippen molar-refractivity contribution in [3.63, 3.8) is 0 Å². The van der Waals surface area contributed by atoms with Crippen LogP contribution in [0, 0.1) is 6.92 Å². The van der Waals surface area contributed by atoms with Crippen molar-refractivity contribution in [3.8, 4) is 17.4 Å². The second-order valence-electron chi connectivity index (χ2n) is 6.62. The van der Waals surface area contributed by atoms with Crippen LogP contribution in [0.4, 0.5) is 5.82 Å². The van der Waals surface area contributed by atoms with E-state index in [4.69, 9.17) is 9.47 Å². The number of fused-ring (bicyclic) bond motifs is 2. The number of ether oxygens (including phenoxy) is 2. The Bertz CT molecular complexity index is 828. The number of nitrogens with zero attached hydrogens (tertiary/aromatic N) is 3. The van der Waals surface area contributed by atoms with E-state index in [1.165, 1.54) is 18.4 Å². The summed E-state index contributed by atoms with van der Waals surface area (Å²) in [5, 5.41) is 3.11. The monoisotopic (exact) mass is 322 g/mol. The molecule has 2 aromatic rings. The molecule has 3 aliphatic rings. The molecule has 0 atom stereocenters. The Morgan fingerprint density at radius 3 is 2.88 bits per heavy atom. The highest BCUT2D eigenvalue weighted by atomic mass is 16.5. The highest BCUT2D eigenvalue weighted by molar-refractivity contribution is 5.59. The molecule has 6 nitrogen and oxygen atoms in total. The lowest BCUT2D eigenvalue weighted by Gasteiger charge is -2.15. The van der Waals surface area contributed by atoms with Crippen LogP contribution in [0.25, 0.3) is 0 Å². The van der Waals surface area contributed by atoms with Crippen LogP contribution >= 0.6 is 0 Å². The number of nitrogens with one attached hydrogen (secondary N) is 1. The molecule has 0 bridgehead atoms. The van der Waals surface area contributed by atoms with Gasteiger partial charge in [0.25, 0.3) is 0 Å². The molecule has 1 aliphatic carbocycles. The van der Waals surface area contributed by atoms with Gasteiger partial charge in [-0.2, -0.15) is 0 Å². The van der Waals surface area contributed by atoms with Crippen LogP contribution in [0.15, 0.2) is 36.9 Å². The highest BCUT2D eigenvalue weighted by Crippen LogP contribution is 2.59. The molecule has 1 spiro atoms. The van der Waals surface area contributed by atoms with Gasteiger partial charge in [0, 0.05) is 23.4 Å². The van der Waals surface area contributed by atoms with E-state index in [2.05, 4.69) is 22.2 Å². The number of hydrogen-bond donors (Lipinski definition) is 1. The Morgan fingerprint density at radius 2 is 2.17 bits per heavy atom. The van der Waals surface area contributed by atoms with Crippen LogP contribution in [0.3, 0.4) is 0 Å². The minimum atomic E-state index is 0.163. The summed E-state index contributed by atoms with van der Waals surface area (Å²) in [5.74, 6) is 3.13. The largest absolute Gasteiger partial charge is 0.492 e. The van der Waals surface area contributed by atoms with Gasteiger partial charge in [-0.25, -0.2) is 9.97 Å².